The highest BCUT2D eigenvalue weighted by Gasteiger charge is 2.16. The Hall–Kier alpha value is -2.36. The number of carbonyl (C=O) groups is 2. The van der Waals surface area contributed by atoms with Crippen molar-refractivity contribution in [3.05, 3.63) is 42.0 Å². The Morgan fingerprint density at radius 1 is 1.00 bits per heavy atom. The van der Waals surface area contributed by atoms with E-state index in [-0.39, 0.29) is 5.78 Å². The Balaban J connectivity index is 2.25. The van der Waals surface area contributed by atoms with E-state index in [0.29, 0.717) is 11.3 Å². The topological polar surface area (TPSA) is 55.4 Å². The fraction of sp³-hybridized carbons (Fsp3) is 0.294. The van der Waals surface area contributed by atoms with E-state index in [1.807, 2.05) is 45.0 Å². The Morgan fingerprint density at radius 2 is 1.67 bits per heavy atom. The standard InChI is InChI=1S/C17H19NO3/c1-11(19)13-6-5-12-7-8-15(10-14(12)9-13)18-16(20)21-17(2,3)4/h5-10H,1-4H3,(H,18,20). The smallest absolute Gasteiger partial charge is 0.412 e. The first-order chi connectivity index (χ1) is 9.74. The Morgan fingerprint density at radius 3 is 2.29 bits per heavy atom. The zero-order valence-electron chi connectivity index (χ0n) is 12.7. The number of amides is 1. The van der Waals surface area contributed by atoms with Gasteiger partial charge < -0.3 is 4.74 Å². The molecule has 0 radical (unpaired) electrons. The molecular weight excluding hydrogens is 266 g/mol. The molecule has 21 heavy (non-hydrogen) atoms. The van der Waals surface area contributed by atoms with Crippen molar-refractivity contribution >= 4 is 28.3 Å². The van der Waals surface area contributed by atoms with Gasteiger partial charge in [-0.3, -0.25) is 10.1 Å². The van der Waals surface area contributed by atoms with E-state index in [1.54, 1.807) is 12.1 Å². The van der Waals surface area contributed by atoms with Crippen LogP contribution in [-0.2, 0) is 4.74 Å². The summed E-state index contributed by atoms with van der Waals surface area (Å²) in [6.45, 7) is 6.97. The zero-order chi connectivity index (χ0) is 15.6. The molecule has 2 rings (SSSR count). The molecule has 0 aliphatic heterocycles. The molecule has 2 aromatic carbocycles. The number of carbonyl (C=O) groups excluding carboxylic acids is 2. The third kappa shape index (κ3) is 4.05. The summed E-state index contributed by atoms with van der Waals surface area (Å²) in [6.07, 6.45) is -0.496. The van der Waals surface area contributed by atoms with Gasteiger partial charge in [-0.15, -0.1) is 0 Å². The van der Waals surface area contributed by atoms with Crippen LogP contribution >= 0.6 is 0 Å². The number of ketones is 1. The maximum atomic E-state index is 11.8. The lowest BCUT2D eigenvalue weighted by atomic mass is 10.0. The van der Waals surface area contributed by atoms with Crippen molar-refractivity contribution in [1.29, 1.82) is 0 Å². The number of anilines is 1. The lowest BCUT2D eigenvalue weighted by Crippen LogP contribution is -2.27. The molecule has 0 heterocycles. The van der Waals surface area contributed by atoms with Crippen LogP contribution in [0, 0.1) is 0 Å². The van der Waals surface area contributed by atoms with Crippen molar-refractivity contribution in [2.45, 2.75) is 33.3 Å². The van der Waals surface area contributed by atoms with Gasteiger partial charge in [0, 0.05) is 11.3 Å². The van der Waals surface area contributed by atoms with Crippen LogP contribution in [0.25, 0.3) is 10.8 Å². The summed E-state index contributed by atoms with van der Waals surface area (Å²) < 4.78 is 5.21. The second-order valence-corrected chi connectivity index (χ2v) is 5.96. The van der Waals surface area contributed by atoms with Gasteiger partial charge in [0.25, 0.3) is 0 Å². The minimum atomic E-state index is -0.539. The number of ether oxygens (including phenoxy) is 1. The van der Waals surface area contributed by atoms with Crippen LogP contribution in [-0.4, -0.2) is 17.5 Å². The molecule has 1 amide bonds. The fourth-order valence-electron chi connectivity index (χ4n) is 1.96. The molecule has 0 saturated carbocycles. The molecule has 0 unspecified atom stereocenters. The highest BCUT2D eigenvalue weighted by Crippen LogP contribution is 2.21. The fourth-order valence-corrected chi connectivity index (χ4v) is 1.96. The molecule has 2 aromatic rings. The molecule has 0 fully saturated rings. The van der Waals surface area contributed by atoms with Crippen molar-refractivity contribution < 1.29 is 14.3 Å². The van der Waals surface area contributed by atoms with Gasteiger partial charge in [-0.1, -0.05) is 18.2 Å². The summed E-state index contributed by atoms with van der Waals surface area (Å²) in [4.78, 5) is 23.2. The molecule has 0 atom stereocenters. The van der Waals surface area contributed by atoms with Crippen LogP contribution in [0.15, 0.2) is 36.4 Å². The number of benzene rings is 2. The lowest BCUT2D eigenvalue weighted by molar-refractivity contribution is 0.0635. The van der Waals surface area contributed by atoms with Crippen LogP contribution < -0.4 is 5.32 Å². The molecule has 0 spiro atoms. The highest BCUT2D eigenvalue weighted by molar-refractivity contribution is 5.99. The van der Waals surface area contributed by atoms with Crippen LogP contribution in [0.5, 0.6) is 0 Å². The van der Waals surface area contributed by atoms with E-state index in [0.717, 1.165) is 10.8 Å². The summed E-state index contributed by atoms with van der Waals surface area (Å²) in [5.74, 6) is 0.0161. The summed E-state index contributed by atoms with van der Waals surface area (Å²) in [6, 6.07) is 11.0. The molecule has 4 nitrogen and oxygen atoms in total. The Kier molecular flexibility index (Phi) is 3.98. The summed E-state index contributed by atoms with van der Waals surface area (Å²) in [5, 5.41) is 4.60. The predicted molar refractivity (Wildman–Crippen MR) is 83.8 cm³/mol. The average molecular weight is 285 g/mol. The number of fused-ring (bicyclic) bond motifs is 1. The monoisotopic (exact) mass is 285 g/mol. The molecule has 0 bridgehead atoms. The molecule has 0 aromatic heterocycles. The van der Waals surface area contributed by atoms with Crippen LogP contribution in [0.3, 0.4) is 0 Å². The first kappa shape index (κ1) is 15.0. The second-order valence-electron chi connectivity index (χ2n) is 5.96. The number of hydrogen-bond acceptors (Lipinski definition) is 3. The molecule has 0 aliphatic carbocycles. The maximum absolute atomic E-state index is 11.8. The number of hydrogen-bond donors (Lipinski definition) is 1. The quantitative estimate of drug-likeness (QED) is 0.832. The molecular formula is C17H19NO3. The Bertz CT molecular complexity index is 699. The van der Waals surface area contributed by atoms with Crippen LogP contribution in [0.2, 0.25) is 0 Å². The first-order valence-corrected chi connectivity index (χ1v) is 6.79. The van der Waals surface area contributed by atoms with E-state index in [1.165, 1.54) is 6.92 Å². The number of nitrogens with one attached hydrogen (secondary N) is 1. The van der Waals surface area contributed by atoms with Crippen molar-refractivity contribution in [3.8, 4) is 0 Å². The number of Topliss-reactive ketones (excluding diaryl/α,β-unsaturated/α-hetero) is 1. The summed E-state index contributed by atoms with van der Waals surface area (Å²) >= 11 is 0. The average Bonchev–Trinajstić information content (AvgIpc) is 2.35. The van der Waals surface area contributed by atoms with Gasteiger partial charge >= 0.3 is 6.09 Å². The third-order valence-corrected chi connectivity index (χ3v) is 2.89. The number of rotatable bonds is 2. The molecule has 0 aliphatic rings. The van der Waals surface area contributed by atoms with Crippen LogP contribution in [0.4, 0.5) is 10.5 Å². The van der Waals surface area contributed by atoms with Gasteiger partial charge in [-0.25, -0.2) is 4.79 Å². The van der Waals surface area contributed by atoms with E-state index in [4.69, 9.17) is 4.74 Å². The van der Waals surface area contributed by atoms with Gasteiger partial charge in [-0.05, 0) is 56.7 Å². The first-order valence-electron chi connectivity index (χ1n) is 6.79. The van der Waals surface area contributed by atoms with Gasteiger partial charge in [-0.2, -0.15) is 0 Å². The predicted octanol–water partition coefficient (Wildman–Crippen LogP) is 4.39. The lowest BCUT2D eigenvalue weighted by Gasteiger charge is -2.19. The minimum Gasteiger partial charge on any atom is -0.444 e. The largest absolute Gasteiger partial charge is 0.444 e. The maximum Gasteiger partial charge on any atom is 0.412 e. The second kappa shape index (κ2) is 5.56. The SMILES string of the molecule is CC(=O)c1ccc2ccc(NC(=O)OC(C)(C)C)cc2c1. The van der Waals surface area contributed by atoms with Crippen molar-refractivity contribution in [2.75, 3.05) is 5.32 Å². The normalized spacial score (nSPS) is 11.2. The van der Waals surface area contributed by atoms with Gasteiger partial charge in [0.2, 0.25) is 0 Å². The third-order valence-electron chi connectivity index (χ3n) is 2.89. The highest BCUT2D eigenvalue weighted by atomic mass is 16.6. The van der Waals surface area contributed by atoms with Gasteiger partial charge in [0.05, 0.1) is 0 Å². The zero-order valence-corrected chi connectivity index (χ0v) is 12.7. The van der Waals surface area contributed by atoms with Gasteiger partial charge in [0.15, 0.2) is 5.78 Å². The molecule has 110 valence electrons. The van der Waals surface area contributed by atoms with Gasteiger partial charge in [0.1, 0.15) is 5.60 Å². The van der Waals surface area contributed by atoms with E-state index in [2.05, 4.69) is 5.32 Å². The van der Waals surface area contributed by atoms with Crippen molar-refractivity contribution in [3.63, 3.8) is 0 Å². The minimum absolute atomic E-state index is 0.0161. The van der Waals surface area contributed by atoms with E-state index in [9.17, 15) is 9.59 Å². The Labute approximate surface area is 124 Å². The molecule has 0 saturated heterocycles. The van der Waals surface area contributed by atoms with Crippen LogP contribution in [0.1, 0.15) is 38.1 Å². The van der Waals surface area contributed by atoms with Crippen molar-refractivity contribution in [2.24, 2.45) is 0 Å². The summed E-state index contributed by atoms with van der Waals surface area (Å²) in [5.41, 5.74) is 0.747. The van der Waals surface area contributed by atoms with E-state index < -0.39 is 11.7 Å². The summed E-state index contributed by atoms with van der Waals surface area (Å²) in [7, 11) is 0. The molecule has 4 heteroatoms. The van der Waals surface area contributed by atoms with E-state index >= 15 is 0 Å². The van der Waals surface area contributed by atoms with Crippen molar-refractivity contribution in [1.82, 2.24) is 0 Å². The molecule has 1 N–H and O–H groups in total.